The Labute approximate surface area is 154 Å². The van der Waals surface area contributed by atoms with Crippen molar-refractivity contribution in [1.82, 2.24) is 10.2 Å². The third-order valence-electron chi connectivity index (χ3n) is 4.72. The van der Waals surface area contributed by atoms with Crippen molar-refractivity contribution in [1.29, 1.82) is 0 Å². The van der Waals surface area contributed by atoms with Crippen molar-refractivity contribution in [3.63, 3.8) is 0 Å². The van der Waals surface area contributed by atoms with E-state index in [4.69, 9.17) is 9.15 Å². The minimum Gasteiger partial charge on any atom is -0.467 e. The van der Waals surface area contributed by atoms with Crippen molar-refractivity contribution in [2.45, 2.75) is 25.4 Å². The number of amides is 2. The van der Waals surface area contributed by atoms with Crippen LogP contribution < -0.4 is 10.2 Å². The molecule has 1 aromatic heterocycles. The zero-order valence-corrected chi connectivity index (χ0v) is 15.3. The summed E-state index contributed by atoms with van der Waals surface area (Å²) in [5, 5.41) is 3.18. The van der Waals surface area contributed by atoms with Crippen molar-refractivity contribution in [3.8, 4) is 0 Å². The summed E-state index contributed by atoms with van der Waals surface area (Å²) in [6, 6.07) is 14.3. The number of furan rings is 1. The van der Waals surface area contributed by atoms with Gasteiger partial charge in [0.15, 0.2) is 0 Å². The average Bonchev–Trinajstić information content (AvgIpc) is 3.19. The monoisotopic (exact) mass is 357 g/mol. The number of piperidine rings is 1. The van der Waals surface area contributed by atoms with E-state index in [1.807, 2.05) is 18.2 Å². The van der Waals surface area contributed by atoms with E-state index >= 15 is 0 Å². The largest absolute Gasteiger partial charge is 0.467 e. The molecule has 6 nitrogen and oxygen atoms in total. The third-order valence-corrected chi connectivity index (χ3v) is 4.72. The van der Waals surface area contributed by atoms with Gasteiger partial charge >= 0.3 is 6.03 Å². The van der Waals surface area contributed by atoms with E-state index in [0.717, 1.165) is 31.7 Å². The van der Waals surface area contributed by atoms with Crippen LogP contribution in [-0.4, -0.2) is 50.3 Å². The number of urea groups is 1. The second-order valence-corrected chi connectivity index (χ2v) is 6.54. The van der Waals surface area contributed by atoms with Crippen molar-refractivity contribution < 1.29 is 13.9 Å². The molecule has 0 radical (unpaired) electrons. The van der Waals surface area contributed by atoms with Crippen LogP contribution in [0, 0.1) is 0 Å². The SMILES string of the molecule is COCCN(Cc1ccco1)C(=O)NC1CCN(c2ccccc2)CC1. The minimum atomic E-state index is -0.0587. The number of carbonyl (C=O) groups excluding carboxylic acids is 1. The molecule has 0 bridgehead atoms. The Morgan fingerprint density at radius 1 is 1.23 bits per heavy atom. The molecule has 0 atom stereocenters. The summed E-state index contributed by atoms with van der Waals surface area (Å²) >= 11 is 0. The number of carbonyl (C=O) groups is 1. The number of nitrogens with one attached hydrogen (secondary N) is 1. The lowest BCUT2D eigenvalue weighted by Gasteiger charge is -2.35. The molecule has 0 spiro atoms. The molecule has 3 rings (SSSR count). The van der Waals surface area contributed by atoms with E-state index in [2.05, 4.69) is 34.5 Å². The average molecular weight is 357 g/mol. The molecular weight excluding hydrogens is 330 g/mol. The Kier molecular flexibility index (Phi) is 6.55. The molecule has 140 valence electrons. The van der Waals surface area contributed by atoms with Crippen LogP contribution in [0.25, 0.3) is 0 Å². The van der Waals surface area contributed by atoms with E-state index < -0.39 is 0 Å². The van der Waals surface area contributed by atoms with Crippen LogP contribution in [0.5, 0.6) is 0 Å². The molecule has 26 heavy (non-hydrogen) atoms. The lowest BCUT2D eigenvalue weighted by atomic mass is 10.0. The number of para-hydroxylation sites is 1. The smallest absolute Gasteiger partial charge is 0.318 e. The van der Waals surface area contributed by atoms with Crippen LogP contribution in [0.2, 0.25) is 0 Å². The van der Waals surface area contributed by atoms with Gasteiger partial charge in [-0.2, -0.15) is 0 Å². The van der Waals surface area contributed by atoms with Crippen LogP contribution >= 0.6 is 0 Å². The van der Waals surface area contributed by atoms with Crippen LogP contribution in [0.3, 0.4) is 0 Å². The van der Waals surface area contributed by atoms with Gasteiger partial charge in [0.1, 0.15) is 5.76 Å². The first-order valence-electron chi connectivity index (χ1n) is 9.13. The zero-order valence-electron chi connectivity index (χ0n) is 15.3. The summed E-state index contributed by atoms with van der Waals surface area (Å²) in [6.07, 6.45) is 3.51. The molecule has 2 aromatic rings. The lowest BCUT2D eigenvalue weighted by molar-refractivity contribution is 0.140. The fraction of sp³-hybridized carbons (Fsp3) is 0.450. The van der Waals surface area contributed by atoms with Gasteiger partial charge in [-0.05, 0) is 37.1 Å². The summed E-state index contributed by atoms with van der Waals surface area (Å²) in [5.41, 5.74) is 1.25. The molecule has 6 heteroatoms. The van der Waals surface area contributed by atoms with Crippen LogP contribution in [-0.2, 0) is 11.3 Å². The zero-order chi connectivity index (χ0) is 18.2. The highest BCUT2D eigenvalue weighted by atomic mass is 16.5. The Morgan fingerprint density at radius 3 is 2.65 bits per heavy atom. The number of hydrogen-bond acceptors (Lipinski definition) is 4. The van der Waals surface area contributed by atoms with E-state index in [-0.39, 0.29) is 12.1 Å². The predicted molar refractivity (Wildman–Crippen MR) is 101 cm³/mol. The van der Waals surface area contributed by atoms with Gasteiger partial charge in [0, 0.05) is 38.5 Å². The highest BCUT2D eigenvalue weighted by Gasteiger charge is 2.23. The summed E-state index contributed by atoms with van der Waals surface area (Å²) in [4.78, 5) is 16.8. The topological polar surface area (TPSA) is 58.0 Å². The number of benzene rings is 1. The van der Waals surface area contributed by atoms with Crippen LogP contribution in [0.1, 0.15) is 18.6 Å². The van der Waals surface area contributed by atoms with Crippen molar-refractivity contribution in [3.05, 3.63) is 54.5 Å². The molecular formula is C20H27N3O3. The first-order chi connectivity index (χ1) is 12.8. The standard InChI is InChI=1S/C20H27N3O3/c1-25-15-13-23(16-19-8-5-14-26-19)20(24)21-17-9-11-22(12-10-17)18-6-3-2-4-7-18/h2-8,14,17H,9-13,15-16H2,1H3,(H,21,24). The van der Waals surface area contributed by atoms with Crippen molar-refractivity contribution >= 4 is 11.7 Å². The van der Waals surface area contributed by atoms with Gasteiger partial charge in [-0.1, -0.05) is 18.2 Å². The van der Waals surface area contributed by atoms with E-state index in [1.54, 1.807) is 18.3 Å². The first-order valence-corrected chi connectivity index (χ1v) is 9.13. The first kappa shape index (κ1) is 18.3. The fourth-order valence-electron chi connectivity index (χ4n) is 3.23. The summed E-state index contributed by atoms with van der Waals surface area (Å²) in [5.74, 6) is 0.773. The Balaban J connectivity index is 1.51. The minimum absolute atomic E-state index is 0.0587. The Hall–Kier alpha value is -2.47. The Morgan fingerprint density at radius 2 is 2.00 bits per heavy atom. The van der Waals surface area contributed by atoms with Gasteiger partial charge in [-0.25, -0.2) is 4.79 Å². The van der Waals surface area contributed by atoms with Gasteiger partial charge in [-0.3, -0.25) is 0 Å². The molecule has 1 aliphatic heterocycles. The number of nitrogens with zero attached hydrogens (tertiary/aromatic N) is 2. The molecule has 2 heterocycles. The molecule has 1 aromatic carbocycles. The second kappa shape index (κ2) is 9.29. The second-order valence-electron chi connectivity index (χ2n) is 6.54. The quantitative estimate of drug-likeness (QED) is 0.827. The summed E-state index contributed by atoms with van der Waals surface area (Å²) in [7, 11) is 1.64. The maximum atomic E-state index is 12.7. The predicted octanol–water partition coefficient (Wildman–Crippen LogP) is 3.11. The number of rotatable bonds is 7. The van der Waals surface area contributed by atoms with Gasteiger partial charge in [0.2, 0.25) is 0 Å². The molecule has 1 fully saturated rings. The number of hydrogen-bond donors (Lipinski definition) is 1. The lowest BCUT2D eigenvalue weighted by Crippen LogP contribution is -2.49. The number of methoxy groups -OCH3 is 1. The van der Waals surface area contributed by atoms with Crippen LogP contribution in [0.15, 0.2) is 53.1 Å². The maximum Gasteiger partial charge on any atom is 0.318 e. The maximum absolute atomic E-state index is 12.7. The molecule has 0 aliphatic carbocycles. The third kappa shape index (κ3) is 5.02. The number of ether oxygens (including phenoxy) is 1. The van der Waals surface area contributed by atoms with E-state index in [1.165, 1.54) is 5.69 Å². The summed E-state index contributed by atoms with van der Waals surface area (Å²) < 4.78 is 10.5. The summed E-state index contributed by atoms with van der Waals surface area (Å²) in [6.45, 7) is 3.38. The number of anilines is 1. The molecule has 1 N–H and O–H groups in total. The molecule has 0 saturated carbocycles. The van der Waals surface area contributed by atoms with Gasteiger partial charge in [0.05, 0.1) is 19.4 Å². The Bertz CT molecular complexity index is 652. The molecule has 2 amide bonds. The van der Waals surface area contributed by atoms with Gasteiger partial charge in [0.25, 0.3) is 0 Å². The highest BCUT2D eigenvalue weighted by molar-refractivity contribution is 5.74. The molecule has 0 unspecified atom stereocenters. The van der Waals surface area contributed by atoms with Crippen molar-refractivity contribution in [2.75, 3.05) is 38.3 Å². The fourth-order valence-corrected chi connectivity index (χ4v) is 3.23. The molecule has 1 saturated heterocycles. The normalized spacial score (nSPS) is 15.0. The van der Waals surface area contributed by atoms with Gasteiger partial charge in [-0.15, -0.1) is 0 Å². The van der Waals surface area contributed by atoms with Crippen molar-refractivity contribution in [2.24, 2.45) is 0 Å². The molecule has 1 aliphatic rings. The van der Waals surface area contributed by atoms with Crippen LogP contribution in [0.4, 0.5) is 10.5 Å². The van der Waals surface area contributed by atoms with E-state index in [9.17, 15) is 4.79 Å². The highest BCUT2D eigenvalue weighted by Crippen LogP contribution is 2.19. The van der Waals surface area contributed by atoms with Gasteiger partial charge < -0.3 is 24.3 Å². The van der Waals surface area contributed by atoms with E-state index in [0.29, 0.717) is 19.7 Å².